The molecule has 1 aromatic carbocycles. The summed E-state index contributed by atoms with van der Waals surface area (Å²) in [6.45, 7) is 4.10. The summed E-state index contributed by atoms with van der Waals surface area (Å²) < 4.78 is 0. The molecule has 1 aromatic rings. The summed E-state index contributed by atoms with van der Waals surface area (Å²) in [4.78, 5) is 0. The molecule has 0 aliphatic heterocycles. The first-order valence-corrected chi connectivity index (χ1v) is 6.29. The Bertz CT molecular complexity index is 302. The van der Waals surface area contributed by atoms with Crippen LogP contribution in [-0.4, -0.2) is 28.9 Å². The average molecular weight is 237 g/mol. The summed E-state index contributed by atoms with van der Waals surface area (Å²) >= 11 is 0. The number of hydrogen-bond donors (Lipinski definition) is 3. The van der Waals surface area contributed by atoms with Crippen LogP contribution in [0.2, 0.25) is 0 Å². The number of nitrogens with one attached hydrogen (secondary N) is 1. The summed E-state index contributed by atoms with van der Waals surface area (Å²) in [5, 5.41) is 22.6. The van der Waals surface area contributed by atoms with Gasteiger partial charge in [-0.3, -0.25) is 0 Å². The zero-order valence-electron chi connectivity index (χ0n) is 10.6. The third kappa shape index (κ3) is 4.46. The first-order chi connectivity index (χ1) is 8.19. The number of benzene rings is 1. The summed E-state index contributed by atoms with van der Waals surface area (Å²) in [5.41, 5.74) is 0.920. The van der Waals surface area contributed by atoms with E-state index in [0.29, 0.717) is 0 Å². The highest BCUT2D eigenvalue weighted by Gasteiger charge is 2.21. The smallest absolute Gasteiger partial charge is 0.0943 e. The number of aliphatic hydroxyl groups excluding tert-OH is 2. The maximum absolute atomic E-state index is 10.3. The van der Waals surface area contributed by atoms with Gasteiger partial charge in [0, 0.05) is 12.1 Å². The van der Waals surface area contributed by atoms with Gasteiger partial charge in [-0.2, -0.15) is 0 Å². The van der Waals surface area contributed by atoms with Crippen molar-refractivity contribution in [1.29, 1.82) is 0 Å². The van der Waals surface area contributed by atoms with E-state index in [1.54, 1.807) is 0 Å². The first-order valence-electron chi connectivity index (χ1n) is 6.29. The predicted octanol–water partition coefficient (Wildman–Crippen LogP) is 1.86. The van der Waals surface area contributed by atoms with Gasteiger partial charge in [0.15, 0.2) is 0 Å². The third-order valence-electron chi connectivity index (χ3n) is 2.89. The van der Waals surface area contributed by atoms with E-state index in [-0.39, 0.29) is 18.7 Å². The first kappa shape index (κ1) is 14.2. The molecule has 1 rings (SSSR count). The zero-order valence-corrected chi connectivity index (χ0v) is 10.6. The Balaban J connectivity index is 2.69. The van der Waals surface area contributed by atoms with Crippen LogP contribution in [-0.2, 0) is 0 Å². The fraction of sp³-hybridized carbons (Fsp3) is 0.571. The molecule has 17 heavy (non-hydrogen) atoms. The monoisotopic (exact) mass is 237 g/mol. The minimum Gasteiger partial charge on any atom is -0.395 e. The van der Waals surface area contributed by atoms with Gasteiger partial charge in [-0.25, -0.2) is 0 Å². The van der Waals surface area contributed by atoms with Crippen molar-refractivity contribution in [3.05, 3.63) is 35.9 Å². The largest absolute Gasteiger partial charge is 0.395 e. The second kappa shape index (κ2) is 7.43. The van der Waals surface area contributed by atoms with Crippen LogP contribution in [0, 0.1) is 0 Å². The summed E-state index contributed by atoms with van der Waals surface area (Å²) in [6, 6.07) is 9.65. The van der Waals surface area contributed by atoms with Gasteiger partial charge in [0.25, 0.3) is 0 Å². The Morgan fingerprint density at radius 3 is 2.41 bits per heavy atom. The van der Waals surface area contributed by atoms with Crippen molar-refractivity contribution in [1.82, 2.24) is 5.32 Å². The van der Waals surface area contributed by atoms with Gasteiger partial charge in [0.05, 0.1) is 12.7 Å². The van der Waals surface area contributed by atoms with Crippen LogP contribution in [0.15, 0.2) is 30.3 Å². The molecule has 0 fully saturated rings. The highest BCUT2D eigenvalue weighted by atomic mass is 16.3. The highest BCUT2D eigenvalue weighted by molar-refractivity contribution is 5.18. The normalized spacial score (nSPS) is 16.5. The number of hydrogen-bond acceptors (Lipinski definition) is 3. The SMILES string of the molecule is CCCC(NC(C)CO)C(O)c1ccccc1. The van der Waals surface area contributed by atoms with Gasteiger partial charge < -0.3 is 15.5 Å². The Morgan fingerprint density at radius 1 is 1.24 bits per heavy atom. The lowest BCUT2D eigenvalue weighted by molar-refractivity contribution is 0.109. The van der Waals surface area contributed by atoms with Gasteiger partial charge in [-0.15, -0.1) is 0 Å². The summed E-state index contributed by atoms with van der Waals surface area (Å²) in [7, 11) is 0. The molecule has 0 saturated carbocycles. The van der Waals surface area contributed by atoms with Crippen molar-refractivity contribution in [2.45, 2.75) is 44.9 Å². The third-order valence-corrected chi connectivity index (χ3v) is 2.89. The number of aliphatic hydroxyl groups is 2. The van der Waals surface area contributed by atoms with E-state index in [2.05, 4.69) is 12.2 Å². The zero-order chi connectivity index (χ0) is 12.7. The average Bonchev–Trinajstić information content (AvgIpc) is 2.38. The second-order valence-electron chi connectivity index (χ2n) is 4.50. The van der Waals surface area contributed by atoms with E-state index in [1.807, 2.05) is 37.3 Å². The molecular formula is C14H23NO2. The lowest BCUT2D eigenvalue weighted by Gasteiger charge is -2.27. The van der Waals surface area contributed by atoms with Crippen molar-refractivity contribution >= 4 is 0 Å². The van der Waals surface area contributed by atoms with Crippen LogP contribution in [0.25, 0.3) is 0 Å². The topological polar surface area (TPSA) is 52.5 Å². The number of rotatable bonds is 7. The maximum Gasteiger partial charge on any atom is 0.0943 e. The Labute approximate surface area is 103 Å². The molecular weight excluding hydrogens is 214 g/mol. The Hall–Kier alpha value is -0.900. The maximum atomic E-state index is 10.3. The summed E-state index contributed by atoms with van der Waals surface area (Å²) in [6.07, 6.45) is 1.37. The Morgan fingerprint density at radius 2 is 1.88 bits per heavy atom. The van der Waals surface area contributed by atoms with Crippen LogP contribution >= 0.6 is 0 Å². The highest BCUT2D eigenvalue weighted by Crippen LogP contribution is 2.20. The molecule has 0 amide bonds. The van der Waals surface area contributed by atoms with Gasteiger partial charge in [0.1, 0.15) is 0 Å². The van der Waals surface area contributed by atoms with Gasteiger partial charge >= 0.3 is 0 Å². The van der Waals surface area contributed by atoms with E-state index in [0.717, 1.165) is 18.4 Å². The lowest BCUT2D eigenvalue weighted by Crippen LogP contribution is -2.42. The van der Waals surface area contributed by atoms with Crippen LogP contribution in [0.4, 0.5) is 0 Å². The van der Waals surface area contributed by atoms with Gasteiger partial charge in [-0.1, -0.05) is 43.7 Å². The van der Waals surface area contributed by atoms with Crippen LogP contribution in [0.5, 0.6) is 0 Å². The van der Waals surface area contributed by atoms with Crippen molar-refractivity contribution in [2.75, 3.05) is 6.61 Å². The van der Waals surface area contributed by atoms with E-state index in [9.17, 15) is 5.11 Å². The van der Waals surface area contributed by atoms with Gasteiger partial charge in [0.2, 0.25) is 0 Å². The van der Waals surface area contributed by atoms with Crippen molar-refractivity contribution in [3.8, 4) is 0 Å². The molecule has 0 bridgehead atoms. The predicted molar refractivity (Wildman–Crippen MR) is 69.8 cm³/mol. The van der Waals surface area contributed by atoms with Crippen molar-refractivity contribution in [3.63, 3.8) is 0 Å². The molecule has 0 saturated heterocycles. The molecule has 3 N–H and O–H groups in total. The molecule has 0 aliphatic carbocycles. The molecule has 3 heteroatoms. The fourth-order valence-electron chi connectivity index (χ4n) is 1.94. The second-order valence-corrected chi connectivity index (χ2v) is 4.50. The van der Waals surface area contributed by atoms with Crippen LogP contribution < -0.4 is 5.32 Å². The van der Waals surface area contributed by atoms with Crippen molar-refractivity contribution < 1.29 is 10.2 Å². The quantitative estimate of drug-likeness (QED) is 0.678. The molecule has 0 spiro atoms. The fourth-order valence-corrected chi connectivity index (χ4v) is 1.94. The van der Waals surface area contributed by atoms with Crippen molar-refractivity contribution in [2.24, 2.45) is 0 Å². The molecule has 3 atom stereocenters. The van der Waals surface area contributed by atoms with E-state index in [4.69, 9.17) is 5.11 Å². The lowest BCUT2D eigenvalue weighted by atomic mass is 9.98. The van der Waals surface area contributed by atoms with Gasteiger partial charge in [-0.05, 0) is 18.9 Å². The van der Waals surface area contributed by atoms with Crippen LogP contribution in [0.3, 0.4) is 0 Å². The van der Waals surface area contributed by atoms with E-state index >= 15 is 0 Å². The Kier molecular flexibility index (Phi) is 6.19. The molecule has 0 aliphatic rings. The molecule has 96 valence electrons. The molecule has 0 radical (unpaired) electrons. The molecule has 3 nitrogen and oxygen atoms in total. The minimum absolute atomic E-state index is 0.00455. The molecule has 0 heterocycles. The molecule has 3 unspecified atom stereocenters. The van der Waals surface area contributed by atoms with E-state index in [1.165, 1.54) is 0 Å². The van der Waals surface area contributed by atoms with E-state index < -0.39 is 6.10 Å². The minimum atomic E-state index is -0.523. The van der Waals surface area contributed by atoms with Crippen LogP contribution in [0.1, 0.15) is 38.4 Å². The summed E-state index contributed by atoms with van der Waals surface area (Å²) in [5.74, 6) is 0. The molecule has 0 aromatic heterocycles. The standard InChI is InChI=1S/C14H23NO2/c1-3-7-13(15-11(2)10-16)14(17)12-8-5-4-6-9-12/h4-6,8-9,11,13-17H,3,7,10H2,1-2H3.